The quantitative estimate of drug-likeness (QED) is 0.921. The first-order valence-corrected chi connectivity index (χ1v) is 7.04. The van der Waals surface area contributed by atoms with Gasteiger partial charge in [-0.25, -0.2) is 4.39 Å². The summed E-state index contributed by atoms with van der Waals surface area (Å²) in [5, 5.41) is 9.12. The maximum atomic E-state index is 12.8. The second-order valence-corrected chi connectivity index (χ2v) is 5.19. The lowest BCUT2D eigenvalue weighted by Gasteiger charge is -2.37. The molecule has 4 nitrogen and oxygen atoms in total. The fourth-order valence-corrected chi connectivity index (χ4v) is 2.26. The maximum Gasteiger partial charge on any atom is 0.226 e. The Balaban J connectivity index is 1.89. The van der Waals surface area contributed by atoms with E-state index in [0.29, 0.717) is 13.2 Å². The molecule has 1 heterocycles. The Bertz CT molecular complexity index is 501. The van der Waals surface area contributed by atoms with Crippen molar-refractivity contribution in [2.75, 3.05) is 19.8 Å². The van der Waals surface area contributed by atoms with Gasteiger partial charge in [0.15, 0.2) is 0 Å². The zero-order valence-corrected chi connectivity index (χ0v) is 12.0. The van der Waals surface area contributed by atoms with E-state index in [0.717, 1.165) is 5.56 Å². The van der Waals surface area contributed by atoms with Crippen LogP contribution in [-0.2, 0) is 9.53 Å². The molecule has 1 amide bonds. The van der Waals surface area contributed by atoms with Crippen molar-refractivity contribution >= 4 is 12.0 Å². The average molecular weight is 293 g/mol. The maximum absolute atomic E-state index is 12.8. The van der Waals surface area contributed by atoms with Crippen molar-refractivity contribution in [2.24, 2.45) is 0 Å². The van der Waals surface area contributed by atoms with Crippen LogP contribution in [0.5, 0.6) is 0 Å². The number of ether oxygens (including phenoxy) is 1. The van der Waals surface area contributed by atoms with Gasteiger partial charge >= 0.3 is 0 Å². The molecule has 114 valence electrons. The van der Waals surface area contributed by atoms with Gasteiger partial charge in [-0.05, 0) is 24.6 Å². The highest BCUT2D eigenvalue weighted by Crippen LogP contribution is 2.13. The summed E-state index contributed by atoms with van der Waals surface area (Å²) in [6.45, 7) is 2.70. The number of hydrogen-bond donors (Lipinski definition) is 1. The molecule has 1 fully saturated rings. The van der Waals surface area contributed by atoms with Crippen LogP contribution in [-0.4, -0.2) is 47.8 Å². The summed E-state index contributed by atoms with van der Waals surface area (Å²) in [7, 11) is 0. The molecule has 1 saturated heterocycles. The number of rotatable bonds is 4. The molecule has 0 aromatic heterocycles. The Morgan fingerprint density at radius 3 is 2.86 bits per heavy atom. The number of carbonyl (C=O) groups is 1. The van der Waals surface area contributed by atoms with Gasteiger partial charge in [0.25, 0.3) is 0 Å². The lowest BCUT2D eigenvalue weighted by atomic mass is 10.1. The molecule has 0 radical (unpaired) electrons. The number of halogens is 1. The third-order valence-electron chi connectivity index (χ3n) is 3.50. The van der Waals surface area contributed by atoms with Gasteiger partial charge in [-0.1, -0.05) is 24.3 Å². The van der Waals surface area contributed by atoms with E-state index in [1.807, 2.05) is 6.92 Å². The largest absolute Gasteiger partial charge is 0.394 e. The van der Waals surface area contributed by atoms with Gasteiger partial charge < -0.3 is 14.7 Å². The Hall–Kier alpha value is -1.72. The number of amides is 1. The molecular weight excluding hydrogens is 273 g/mol. The van der Waals surface area contributed by atoms with Gasteiger partial charge in [0.1, 0.15) is 5.82 Å². The molecule has 2 atom stereocenters. The van der Waals surface area contributed by atoms with Gasteiger partial charge in [0.05, 0.1) is 25.4 Å². The van der Waals surface area contributed by atoms with Crippen LogP contribution in [0, 0.1) is 5.82 Å². The van der Waals surface area contributed by atoms with Crippen LogP contribution in [0.25, 0.3) is 6.08 Å². The number of hydrogen-bond acceptors (Lipinski definition) is 3. The first-order valence-electron chi connectivity index (χ1n) is 7.04. The minimum atomic E-state index is -0.300. The molecule has 2 unspecified atom stereocenters. The van der Waals surface area contributed by atoms with Crippen LogP contribution in [0.1, 0.15) is 18.9 Å². The number of morpholine rings is 1. The summed E-state index contributed by atoms with van der Waals surface area (Å²) in [4.78, 5) is 13.9. The van der Waals surface area contributed by atoms with E-state index in [1.165, 1.54) is 12.1 Å². The van der Waals surface area contributed by atoms with Crippen molar-refractivity contribution in [1.29, 1.82) is 0 Å². The fourth-order valence-electron chi connectivity index (χ4n) is 2.26. The third kappa shape index (κ3) is 4.37. The van der Waals surface area contributed by atoms with Gasteiger partial charge in [-0.3, -0.25) is 4.79 Å². The minimum absolute atomic E-state index is 0.00242. The van der Waals surface area contributed by atoms with Gasteiger partial charge in [-0.2, -0.15) is 0 Å². The second-order valence-electron chi connectivity index (χ2n) is 5.19. The van der Waals surface area contributed by atoms with E-state index >= 15 is 0 Å². The Morgan fingerprint density at radius 2 is 2.19 bits per heavy atom. The molecule has 0 spiro atoms. The van der Waals surface area contributed by atoms with Crippen molar-refractivity contribution in [3.8, 4) is 0 Å². The Morgan fingerprint density at radius 1 is 1.48 bits per heavy atom. The van der Waals surface area contributed by atoms with Crippen LogP contribution >= 0.6 is 0 Å². The summed E-state index contributed by atoms with van der Waals surface area (Å²) in [6, 6.07) is 6.11. The van der Waals surface area contributed by atoms with Gasteiger partial charge in [-0.15, -0.1) is 0 Å². The predicted octanol–water partition coefficient (Wildman–Crippen LogP) is 1.84. The van der Waals surface area contributed by atoms with E-state index in [-0.39, 0.29) is 36.9 Å². The Kier molecular flexibility index (Phi) is 5.47. The SMILES string of the molecule is CC1COC(CO)CN1C(=O)C/C=C/c1ccc(F)cc1. The van der Waals surface area contributed by atoms with Crippen molar-refractivity contribution in [3.63, 3.8) is 0 Å². The average Bonchev–Trinajstić information content (AvgIpc) is 2.49. The highest BCUT2D eigenvalue weighted by atomic mass is 19.1. The molecule has 1 N–H and O–H groups in total. The second kappa shape index (κ2) is 7.33. The Labute approximate surface area is 123 Å². The van der Waals surface area contributed by atoms with E-state index in [2.05, 4.69) is 0 Å². The molecule has 0 bridgehead atoms. The number of benzene rings is 1. The summed E-state index contributed by atoms with van der Waals surface area (Å²) in [5.74, 6) is -0.275. The molecule has 1 aliphatic rings. The van der Waals surface area contributed by atoms with Crippen molar-refractivity contribution < 1.29 is 19.0 Å². The zero-order chi connectivity index (χ0) is 15.2. The molecule has 1 aliphatic heterocycles. The smallest absolute Gasteiger partial charge is 0.226 e. The molecule has 0 saturated carbocycles. The van der Waals surface area contributed by atoms with Crippen molar-refractivity contribution in [3.05, 3.63) is 41.7 Å². The zero-order valence-electron chi connectivity index (χ0n) is 12.0. The number of aliphatic hydroxyl groups is 1. The summed E-state index contributed by atoms with van der Waals surface area (Å²) >= 11 is 0. The molecule has 1 aromatic rings. The normalized spacial score (nSPS) is 22.7. The third-order valence-corrected chi connectivity index (χ3v) is 3.50. The van der Waals surface area contributed by atoms with Gasteiger partial charge in [0.2, 0.25) is 5.91 Å². The highest BCUT2D eigenvalue weighted by molar-refractivity contribution is 5.79. The lowest BCUT2D eigenvalue weighted by Crippen LogP contribution is -2.51. The van der Waals surface area contributed by atoms with Gasteiger partial charge in [0, 0.05) is 13.0 Å². The first-order chi connectivity index (χ1) is 10.1. The standard InChI is InChI=1S/C16H20FNO3/c1-12-11-21-15(10-19)9-18(12)16(20)4-2-3-13-5-7-14(17)8-6-13/h2-3,5-8,12,15,19H,4,9-11H2,1H3/b3-2+. The van der Waals surface area contributed by atoms with Crippen LogP contribution in [0.15, 0.2) is 30.3 Å². The fraction of sp³-hybridized carbons (Fsp3) is 0.438. The molecule has 2 rings (SSSR count). The molecular formula is C16H20FNO3. The van der Waals surface area contributed by atoms with E-state index in [9.17, 15) is 9.18 Å². The van der Waals surface area contributed by atoms with Crippen LogP contribution in [0.2, 0.25) is 0 Å². The molecule has 1 aromatic carbocycles. The van der Waals surface area contributed by atoms with E-state index in [1.54, 1.807) is 29.2 Å². The van der Waals surface area contributed by atoms with E-state index in [4.69, 9.17) is 9.84 Å². The minimum Gasteiger partial charge on any atom is -0.394 e. The first kappa shape index (κ1) is 15.7. The summed E-state index contributed by atoms with van der Waals surface area (Å²) in [5.41, 5.74) is 0.854. The molecule has 21 heavy (non-hydrogen) atoms. The summed E-state index contributed by atoms with van der Waals surface area (Å²) in [6.07, 6.45) is 3.55. The lowest BCUT2D eigenvalue weighted by molar-refractivity contribution is -0.145. The summed E-state index contributed by atoms with van der Waals surface area (Å²) < 4.78 is 18.2. The number of carbonyl (C=O) groups excluding carboxylic acids is 1. The van der Waals surface area contributed by atoms with Crippen molar-refractivity contribution in [2.45, 2.75) is 25.5 Å². The van der Waals surface area contributed by atoms with Crippen LogP contribution in [0.4, 0.5) is 4.39 Å². The molecule has 0 aliphatic carbocycles. The number of aliphatic hydroxyl groups excluding tert-OH is 1. The predicted molar refractivity (Wildman–Crippen MR) is 78.1 cm³/mol. The van der Waals surface area contributed by atoms with Crippen molar-refractivity contribution in [1.82, 2.24) is 4.90 Å². The van der Waals surface area contributed by atoms with Crippen LogP contribution in [0.3, 0.4) is 0 Å². The highest BCUT2D eigenvalue weighted by Gasteiger charge is 2.28. The molecule has 5 heteroatoms. The van der Waals surface area contributed by atoms with E-state index < -0.39 is 0 Å². The number of nitrogens with zero attached hydrogens (tertiary/aromatic N) is 1. The topological polar surface area (TPSA) is 49.8 Å². The monoisotopic (exact) mass is 293 g/mol. The van der Waals surface area contributed by atoms with Crippen LogP contribution < -0.4 is 0 Å².